The van der Waals surface area contributed by atoms with E-state index in [1.807, 2.05) is 0 Å². The van der Waals surface area contributed by atoms with Gasteiger partial charge in [-0.25, -0.2) is 0 Å². The molecule has 22 heavy (non-hydrogen) atoms. The van der Waals surface area contributed by atoms with Crippen LogP contribution in [0.3, 0.4) is 0 Å². The van der Waals surface area contributed by atoms with Crippen LogP contribution in [0, 0.1) is 0 Å². The Morgan fingerprint density at radius 3 is 2.77 bits per heavy atom. The highest BCUT2D eigenvalue weighted by Gasteiger charge is 2.33. The number of halogens is 1. The van der Waals surface area contributed by atoms with Crippen LogP contribution in [0.4, 0.5) is 5.69 Å². The summed E-state index contributed by atoms with van der Waals surface area (Å²) in [6.07, 6.45) is 0.398. The number of hydrogen-bond acceptors (Lipinski definition) is 4. The summed E-state index contributed by atoms with van der Waals surface area (Å²) in [5.74, 6) is -0.342. The predicted octanol–water partition coefficient (Wildman–Crippen LogP) is 0.925. The fourth-order valence-electron chi connectivity index (χ4n) is 2.41. The molecule has 1 heterocycles. The zero-order valence-corrected chi connectivity index (χ0v) is 13.2. The summed E-state index contributed by atoms with van der Waals surface area (Å²) in [6, 6.07) is 6.55. The molecule has 1 saturated heterocycles. The van der Waals surface area contributed by atoms with Crippen LogP contribution >= 0.6 is 11.6 Å². The summed E-state index contributed by atoms with van der Waals surface area (Å²) < 4.78 is 5.07. The number of nitrogens with two attached hydrogens (primary N) is 1. The Labute approximate surface area is 134 Å². The lowest BCUT2D eigenvalue weighted by Gasteiger charge is -2.18. The highest BCUT2D eigenvalue weighted by molar-refractivity contribution is 6.30. The van der Waals surface area contributed by atoms with Crippen LogP contribution in [-0.2, 0) is 14.3 Å². The minimum atomic E-state index is -0.501. The lowest BCUT2D eigenvalue weighted by molar-refractivity contribution is -0.128. The van der Waals surface area contributed by atoms with Crippen molar-refractivity contribution >= 4 is 29.1 Å². The molecule has 2 rings (SSSR count). The molecule has 7 heteroatoms. The molecule has 0 bridgehead atoms. The van der Waals surface area contributed by atoms with Gasteiger partial charge in [-0.1, -0.05) is 11.6 Å². The molecule has 1 aliphatic rings. The molecule has 2 amide bonds. The maximum absolute atomic E-state index is 12.4. The van der Waals surface area contributed by atoms with Crippen molar-refractivity contribution < 1.29 is 14.3 Å². The Balaban J connectivity index is 1.94. The van der Waals surface area contributed by atoms with Crippen molar-refractivity contribution in [2.45, 2.75) is 25.0 Å². The van der Waals surface area contributed by atoms with Gasteiger partial charge in [0.2, 0.25) is 11.8 Å². The van der Waals surface area contributed by atoms with Gasteiger partial charge < -0.3 is 20.7 Å². The summed E-state index contributed by atoms with van der Waals surface area (Å²) >= 11 is 5.85. The molecule has 1 fully saturated rings. The molecular formula is C15H20ClN3O3. The number of anilines is 1. The van der Waals surface area contributed by atoms with Gasteiger partial charge in [0.05, 0.1) is 12.5 Å². The minimum absolute atomic E-state index is 0.114. The average Bonchev–Trinajstić information content (AvgIpc) is 2.87. The number of methoxy groups -OCH3 is 1. The van der Waals surface area contributed by atoms with Gasteiger partial charge in [0.1, 0.15) is 6.04 Å². The fraction of sp³-hybridized carbons (Fsp3) is 0.467. The number of carbonyl (C=O) groups is 2. The average molecular weight is 326 g/mol. The first-order chi connectivity index (χ1) is 10.5. The Bertz CT molecular complexity index is 531. The molecule has 3 N–H and O–H groups in total. The van der Waals surface area contributed by atoms with Crippen molar-refractivity contribution in [2.75, 3.05) is 25.1 Å². The maximum atomic E-state index is 12.4. The standard InChI is InChI=1S/C15H20ClN3O3/c1-22-12(9-17)8-14(20)18-13-6-7-19(15(13)21)11-4-2-10(16)3-5-11/h2-5,12-13H,6-9,17H2,1H3,(H,18,20). The number of rotatable bonds is 6. The highest BCUT2D eigenvalue weighted by Crippen LogP contribution is 2.23. The van der Waals surface area contributed by atoms with Crippen molar-refractivity contribution in [2.24, 2.45) is 5.73 Å². The van der Waals surface area contributed by atoms with Crippen molar-refractivity contribution in [3.63, 3.8) is 0 Å². The molecule has 1 aliphatic heterocycles. The molecule has 120 valence electrons. The zero-order chi connectivity index (χ0) is 16.1. The van der Waals surface area contributed by atoms with Crippen LogP contribution in [0.25, 0.3) is 0 Å². The van der Waals surface area contributed by atoms with Crippen molar-refractivity contribution in [1.29, 1.82) is 0 Å². The Hall–Kier alpha value is -1.63. The largest absolute Gasteiger partial charge is 0.380 e. The van der Waals surface area contributed by atoms with E-state index in [0.717, 1.165) is 5.69 Å². The van der Waals surface area contributed by atoms with E-state index in [1.165, 1.54) is 7.11 Å². The smallest absolute Gasteiger partial charge is 0.249 e. The van der Waals surface area contributed by atoms with Gasteiger partial charge in [-0.2, -0.15) is 0 Å². The third kappa shape index (κ3) is 3.97. The van der Waals surface area contributed by atoms with Crippen LogP contribution < -0.4 is 16.0 Å². The molecule has 0 spiro atoms. The lowest BCUT2D eigenvalue weighted by atomic mass is 10.2. The van der Waals surface area contributed by atoms with E-state index in [1.54, 1.807) is 29.2 Å². The van der Waals surface area contributed by atoms with E-state index >= 15 is 0 Å². The Morgan fingerprint density at radius 2 is 2.18 bits per heavy atom. The molecule has 1 aromatic rings. The lowest BCUT2D eigenvalue weighted by Crippen LogP contribution is -2.43. The van der Waals surface area contributed by atoms with Gasteiger partial charge in [-0.3, -0.25) is 9.59 Å². The first-order valence-electron chi connectivity index (χ1n) is 7.14. The van der Waals surface area contributed by atoms with E-state index in [9.17, 15) is 9.59 Å². The van der Waals surface area contributed by atoms with E-state index in [-0.39, 0.29) is 30.9 Å². The fourth-order valence-corrected chi connectivity index (χ4v) is 2.54. The van der Waals surface area contributed by atoms with Gasteiger partial charge >= 0.3 is 0 Å². The zero-order valence-electron chi connectivity index (χ0n) is 12.4. The first-order valence-corrected chi connectivity index (χ1v) is 7.52. The van der Waals surface area contributed by atoms with Crippen LogP contribution in [0.1, 0.15) is 12.8 Å². The number of benzene rings is 1. The summed E-state index contributed by atoms with van der Waals surface area (Å²) in [4.78, 5) is 26.0. The monoisotopic (exact) mass is 325 g/mol. The highest BCUT2D eigenvalue weighted by atomic mass is 35.5. The van der Waals surface area contributed by atoms with Gasteiger partial charge in [0, 0.05) is 30.9 Å². The number of ether oxygens (including phenoxy) is 1. The third-order valence-electron chi connectivity index (χ3n) is 3.69. The number of hydrogen-bond donors (Lipinski definition) is 2. The van der Waals surface area contributed by atoms with E-state index in [2.05, 4.69) is 5.32 Å². The molecule has 2 unspecified atom stereocenters. The molecule has 0 radical (unpaired) electrons. The topological polar surface area (TPSA) is 84.7 Å². The van der Waals surface area contributed by atoms with E-state index in [4.69, 9.17) is 22.1 Å². The Kier molecular flexibility index (Phi) is 5.76. The van der Waals surface area contributed by atoms with Crippen molar-refractivity contribution in [3.05, 3.63) is 29.3 Å². The number of carbonyl (C=O) groups excluding carboxylic acids is 2. The molecule has 0 aromatic heterocycles. The predicted molar refractivity (Wildman–Crippen MR) is 84.8 cm³/mol. The second-order valence-corrected chi connectivity index (χ2v) is 5.61. The van der Waals surface area contributed by atoms with Crippen molar-refractivity contribution in [3.8, 4) is 0 Å². The molecule has 1 aromatic carbocycles. The van der Waals surface area contributed by atoms with Gasteiger partial charge in [0.15, 0.2) is 0 Å². The van der Waals surface area contributed by atoms with Gasteiger partial charge in [0.25, 0.3) is 0 Å². The molecule has 6 nitrogen and oxygen atoms in total. The normalized spacial score (nSPS) is 19.3. The number of amides is 2. The first kappa shape index (κ1) is 16.7. The number of nitrogens with zero attached hydrogens (tertiary/aromatic N) is 1. The van der Waals surface area contributed by atoms with Crippen LogP contribution in [0.5, 0.6) is 0 Å². The quantitative estimate of drug-likeness (QED) is 0.814. The van der Waals surface area contributed by atoms with Crippen LogP contribution in [0.2, 0.25) is 5.02 Å². The molecule has 0 aliphatic carbocycles. The molecule has 2 atom stereocenters. The maximum Gasteiger partial charge on any atom is 0.249 e. The Morgan fingerprint density at radius 1 is 1.50 bits per heavy atom. The summed E-state index contributed by atoms with van der Waals surface area (Å²) in [5, 5.41) is 3.37. The molecule has 0 saturated carbocycles. The van der Waals surface area contributed by atoms with Gasteiger partial charge in [-0.15, -0.1) is 0 Å². The second-order valence-electron chi connectivity index (χ2n) is 5.17. The van der Waals surface area contributed by atoms with Crippen LogP contribution in [0.15, 0.2) is 24.3 Å². The minimum Gasteiger partial charge on any atom is -0.380 e. The van der Waals surface area contributed by atoms with Crippen LogP contribution in [-0.4, -0.2) is 44.2 Å². The van der Waals surface area contributed by atoms with Crippen molar-refractivity contribution in [1.82, 2.24) is 5.32 Å². The SMILES string of the molecule is COC(CN)CC(=O)NC1CCN(c2ccc(Cl)cc2)C1=O. The second kappa shape index (κ2) is 7.58. The third-order valence-corrected chi connectivity index (χ3v) is 3.94. The summed E-state index contributed by atoms with van der Waals surface area (Å²) in [6.45, 7) is 0.829. The summed E-state index contributed by atoms with van der Waals surface area (Å²) in [5.41, 5.74) is 6.27. The molecular weight excluding hydrogens is 306 g/mol. The van der Waals surface area contributed by atoms with E-state index in [0.29, 0.717) is 18.0 Å². The summed E-state index contributed by atoms with van der Waals surface area (Å²) in [7, 11) is 1.51. The van der Waals surface area contributed by atoms with Gasteiger partial charge in [-0.05, 0) is 30.7 Å². The van der Waals surface area contributed by atoms with E-state index < -0.39 is 6.04 Å². The number of nitrogens with one attached hydrogen (secondary N) is 1.